The lowest BCUT2D eigenvalue weighted by molar-refractivity contribution is -0.140. The van der Waals surface area contributed by atoms with Crippen LogP contribution in [-0.4, -0.2) is 21.7 Å². The van der Waals surface area contributed by atoms with Gasteiger partial charge < -0.3 is 5.32 Å². The van der Waals surface area contributed by atoms with Gasteiger partial charge in [0.05, 0.1) is 0 Å². The van der Waals surface area contributed by atoms with E-state index in [9.17, 15) is 13.2 Å². The van der Waals surface area contributed by atoms with E-state index < -0.39 is 11.9 Å². The van der Waals surface area contributed by atoms with Gasteiger partial charge in [-0.05, 0) is 18.9 Å². The highest BCUT2D eigenvalue weighted by molar-refractivity contribution is 7.13. The fourth-order valence-corrected chi connectivity index (χ4v) is 2.13. The van der Waals surface area contributed by atoms with Crippen molar-refractivity contribution in [3.63, 3.8) is 0 Å². The third-order valence-corrected chi connectivity index (χ3v) is 3.05. The van der Waals surface area contributed by atoms with E-state index in [1.165, 1.54) is 0 Å². The van der Waals surface area contributed by atoms with Crippen molar-refractivity contribution in [3.8, 4) is 0 Å². The van der Waals surface area contributed by atoms with E-state index in [4.69, 9.17) is 0 Å². The van der Waals surface area contributed by atoms with Gasteiger partial charge >= 0.3 is 6.18 Å². The van der Waals surface area contributed by atoms with E-state index in [1.807, 2.05) is 6.07 Å². The van der Waals surface area contributed by atoms with Crippen LogP contribution in [0.1, 0.15) is 17.8 Å². The molecule has 0 aliphatic heterocycles. The first-order valence-electron chi connectivity index (χ1n) is 5.30. The Labute approximate surface area is 105 Å². The standard InChI is InChI=1S/C10H11F3N4S/c11-10(12,13)8-6-18-9(16-8)14-4-1-2-7-3-5-15-17-7/h3,5-6H,1-2,4H2,(H,14,16)(H,15,17). The maximum atomic E-state index is 12.3. The minimum atomic E-state index is -4.37. The Morgan fingerprint density at radius 1 is 1.39 bits per heavy atom. The minimum Gasteiger partial charge on any atom is -0.361 e. The van der Waals surface area contributed by atoms with Gasteiger partial charge in [0.15, 0.2) is 10.8 Å². The molecule has 4 nitrogen and oxygen atoms in total. The van der Waals surface area contributed by atoms with Crippen molar-refractivity contribution in [1.29, 1.82) is 0 Å². The number of H-pyrrole nitrogens is 1. The number of aromatic nitrogens is 3. The van der Waals surface area contributed by atoms with Crippen LogP contribution in [0.15, 0.2) is 17.6 Å². The normalized spacial score (nSPS) is 11.7. The predicted molar refractivity (Wildman–Crippen MR) is 62.5 cm³/mol. The Kier molecular flexibility index (Phi) is 3.85. The number of rotatable bonds is 5. The summed E-state index contributed by atoms with van der Waals surface area (Å²) < 4.78 is 36.8. The van der Waals surface area contributed by atoms with Crippen molar-refractivity contribution in [3.05, 3.63) is 29.0 Å². The van der Waals surface area contributed by atoms with Crippen molar-refractivity contribution in [2.75, 3.05) is 11.9 Å². The molecule has 18 heavy (non-hydrogen) atoms. The summed E-state index contributed by atoms with van der Waals surface area (Å²) in [7, 11) is 0. The Bertz CT molecular complexity index is 478. The molecule has 8 heteroatoms. The number of nitrogens with one attached hydrogen (secondary N) is 2. The number of alkyl halides is 3. The monoisotopic (exact) mass is 276 g/mol. The Morgan fingerprint density at radius 3 is 2.83 bits per heavy atom. The summed E-state index contributed by atoms with van der Waals surface area (Å²) in [5, 5.41) is 10.8. The van der Waals surface area contributed by atoms with E-state index in [2.05, 4.69) is 20.5 Å². The lowest BCUT2D eigenvalue weighted by Crippen LogP contribution is -2.07. The van der Waals surface area contributed by atoms with Gasteiger partial charge in [-0.3, -0.25) is 5.10 Å². The zero-order chi connectivity index (χ0) is 13.0. The molecule has 0 amide bonds. The summed E-state index contributed by atoms with van der Waals surface area (Å²) in [5.74, 6) is 0. The third-order valence-electron chi connectivity index (χ3n) is 2.25. The molecule has 0 unspecified atom stereocenters. The van der Waals surface area contributed by atoms with Crippen LogP contribution < -0.4 is 5.32 Å². The average molecular weight is 276 g/mol. The SMILES string of the molecule is FC(F)(F)c1csc(NCCCc2ccn[nH]2)n1. The first-order valence-corrected chi connectivity index (χ1v) is 6.18. The Hall–Kier alpha value is -1.57. The number of aryl methyl sites for hydroxylation is 1. The highest BCUT2D eigenvalue weighted by Gasteiger charge is 2.33. The summed E-state index contributed by atoms with van der Waals surface area (Å²) in [6.07, 6.45) is -1.11. The van der Waals surface area contributed by atoms with E-state index in [1.54, 1.807) is 6.20 Å². The smallest absolute Gasteiger partial charge is 0.361 e. The summed E-state index contributed by atoms with van der Waals surface area (Å²) >= 11 is 0.962. The Morgan fingerprint density at radius 2 is 2.22 bits per heavy atom. The van der Waals surface area contributed by atoms with Gasteiger partial charge in [-0.2, -0.15) is 18.3 Å². The van der Waals surface area contributed by atoms with Gasteiger partial charge in [0.2, 0.25) is 0 Å². The zero-order valence-corrected chi connectivity index (χ0v) is 10.1. The molecule has 2 heterocycles. The van der Waals surface area contributed by atoms with Crippen LogP contribution >= 0.6 is 11.3 Å². The summed E-state index contributed by atoms with van der Waals surface area (Å²) in [6.45, 7) is 0.573. The molecular formula is C10H11F3N4S. The van der Waals surface area contributed by atoms with Gasteiger partial charge in [-0.15, -0.1) is 11.3 Å². The lowest BCUT2D eigenvalue weighted by atomic mass is 10.2. The molecule has 2 N–H and O–H groups in total. The van der Waals surface area contributed by atoms with Crippen molar-refractivity contribution in [2.24, 2.45) is 0 Å². The van der Waals surface area contributed by atoms with Crippen LogP contribution in [0.25, 0.3) is 0 Å². The first-order chi connectivity index (χ1) is 8.55. The molecule has 0 aromatic carbocycles. The van der Waals surface area contributed by atoms with E-state index in [0.29, 0.717) is 11.7 Å². The second-order valence-corrected chi connectivity index (χ2v) is 4.51. The van der Waals surface area contributed by atoms with Gasteiger partial charge in [0.25, 0.3) is 0 Å². The molecule has 0 aliphatic carbocycles. The van der Waals surface area contributed by atoms with Gasteiger partial charge in [-0.1, -0.05) is 0 Å². The maximum Gasteiger partial charge on any atom is 0.434 e. The molecule has 98 valence electrons. The van der Waals surface area contributed by atoms with Crippen molar-refractivity contribution >= 4 is 16.5 Å². The summed E-state index contributed by atoms with van der Waals surface area (Å²) in [5.41, 5.74) is 0.162. The molecule has 0 aliphatic rings. The number of thiazole rings is 1. The van der Waals surface area contributed by atoms with Gasteiger partial charge in [0, 0.05) is 23.8 Å². The quantitative estimate of drug-likeness (QED) is 0.826. The molecule has 0 fully saturated rings. The summed E-state index contributed by atoms with van der Waals surface area (Å²) in [4.78, 5) is 3.48. The van der Waals surface area contributed by atoms with Crippen LogP contribution in [0.2, 0.25) is 0 Å². The fourth-order valence-electron chi connectivity index (χ4n) is 1.38. The topological polar surface area (TPSA) is 53.6 Å². The first kappa shape index (κ1) is 12.9. The van der Waals surface area contributed by atoms with Crippen molar-refractivity contribution < 1.29 is 13.2 Å². The van der Waals surface area contributed by atoms with Crippen molar-refractivity contribution in [1.82, 2.24) is 15.2 Å². The molecule has 0 spiro atoms. The average Bonchev–Trinajstić information content (AvgIpc) is 2.95. The fraction of sp³-hybridized carbons (Fsp3) is 0.400. The molecular weight excluding hydrogens is 265 g/mol. The Balaban J connectivity index is 1.75. The summed E-state index contributed by atoms with van der Waals surface area (Å²) in [6, 6.07) is 1.87. The van der Waals surface area contributed by atoms with E-state index in [-0.39, 0.29) is 0 Å². The largest absolute Gasteiger partial charge is 0.434 e. The van der Waals surface area contributed by atoms with E-state index in [0.717, 1.165) is 35.3 Å². The van der Waals surface area contributed by atoms with Crippen LogP contribution in [0.3, 0.4) is 0 Å². The number of hydrogen-bond donors (Lipinski definition) is 2. The number of hydrogen-bond acceptors (Lipinski definition) is 4. The number of halogens is 3. The number of anilines is 1. The second kappa shape index (κ2) is 5.38. The van der Waals surface area contributed by atoms with Crippen LogP contribution in [0, 0.1) is 0 Å². The van der Waals surface area contributed by atoms with Crippen LogP contribution in [-0.2, 0) is 12.6 Å². The molecule has 0 atom stereocenters. The van der Waals surface area contributed by atoms with Crippen LogP contribution in [0.4, 0.5) is 18.3 Å². The molecule has 0 saturated heterocycles. The van der Waals surface area contributed by atoms with Gasteiger partial charge in [-0.25, -0.2) is 4.98 Å². The van der Waals surface area contributed by atoms with Crippen LogP contribution in [0.5, 0.6) is 0 Å². The van der Waals surface area contributed by atoms with Gasteiger partial charge in [0.1, 0.15) is 0 Å². The molecule has 0 bridgehead atoms. The van der Waals surface area contributed by atoms with E-state index >= 15 is 0 Å². The van der Waals surface area contributed by atoms with Crippen molar-refractivity contribution in [2.45, 2.75) is 19.0 Å². The lowest BCUT2D eigenvalue weighted by Gasteiger charge is -2.02. The predicted octanol–water partition coefficient (Wildman–Crippen LogP) is 2.93. The molecule has 2 rings (SSSR count). The third kappa shape index (κ3) is 3.46. The maximum absolute atomic E-state index is 12.3. The molecule has 0 saturated carbocycles. The second-order valence-electron chi connectivity index (χ2n) is 3.65. The highest BCUT2D eigenvalue weighted by Crippen LogP contribution is 2.31. The molecule has 2 aromatic heterocycles. The zero-order valence-electron chi connectivity index (χ0n) is 9.29. The molecule has 2 aromatic rings. The molecule has 0 radical (unpaired) electrons. The highest BCUT2D eigenvalue weighted by atomic mass is 32.1. The number of aromatic amines is 1. The minimum absolute atomic E-state index is 0.298. The number of nitrogens with zero attached hydrogens (tertiary/aromatic N) is 2.